The highest BCUT2D eigenvalue weighted by Crippen LogP contribution is 2.26. The van der Waals surface area contributed by atoms with Crippen molar-refractivity contribution in [3.8, 4) is 16.6 Å². The van der Waals surface area contributed by atoms with Gasteiger partial charge in [0.2, 0.25) is 0 Å². The van der Waals surface area contributed by atoms with Gasteiger partial charge in [-0.3, -0.25) is 0 Å². The van der Waals surface area contributed by atoms with Gasteiger partial charge in [-0.25, -0.2) is 19.3 Å². The summed E-state index contributed by atoms with van der Waals surface area (Å²) in [7, 11) is 0. The van der Waals surface area contributed by atoms with Gasteiger partial charge in [0.15, 0.2) is 10.8 Å². The molecule has 2 heterocycles. The molecule has 0 unspecified atom stereocenters. The van der Waals surface area contributed by atoms with E-state index in [-0.39, 0.29) is 11.6 Å². The summed E-state index contributed by atoms with van der Waals surface area (Å²) in [5, 5.41) is 2.82. The molecule has 0 aliphatic carbocycles. The molecule has 0 atom stereocenters. The normalized spacial score (nSPS) is 10.6. The molecular weight excluding hydrogens is 313 g/mol. The second-order valence-corrected chi connectivity index (χ2v) is 5.35. The number of benzene rings is 1. The van der Waals surface area contributed by atoms with Crippen molar-refractivity contribution in [2.45, 2.75) is 6.61 Å². The van der Waals surface area contributed by atoms with Crippen LogP contribution in [0.5, 0.6) is 5.75 Å². The van der Waals surface area contributed by atoms with Crippen molar-refractivity contribution in [3.05, 3.63) is 58.6 Å². The summed E-state index contributed by atoms with van der Waals surface area (Å²) in [4.78, 5) is 12.7. The van der Waals surface area contributed by atoms with Gasteiger partial charge in [0.05, 0.1) is 10.7 Å². The van der Waals surface area contributed by atoms with Crippen molar-refractivity contribution < 1.29 is 9.13 Å². The molecule has 0 aliphatic rings. The zero-order valence-corrected chi connectivity index (χ0v) is 12.2. The summed E-state index contributed by atoms with van der Waals surface area (Å²) >= 11 is 7.33. The van der Waals surface area contributed by atoms with E-state index in [1.54, 1.807) is 18.5 Å². The lowest BCUT2D eigenvalue weighted by atomic mass is 10.3. The van der Waals surface area contributed by atoms with Gasteiger partial charge in [-0.05, 0) is 24.3 Å². The predicted octanol–water partition coefficient (Wildman–Crippen LogP) is 3.97. The third-order valence-electron chi connectivity index (χ3n) is 2.58. The van der Waals surface area contributed by atoms with Gasteiger partial charge in [-0.2, -0.15) is 0 Å². The SMILES string of the molecule is Fc1ccc(OCc2csc(-c3ncccn3)n2)c(Cl)c1. The Bertz CT molecular complexity index is 751. The second-order valence-electron chi connectivity index (χ2n) is 4.08. The molecule has 0 saturated carbocycles. The zero-order chi connectivity index (χ0) is 14.7. The van der Waals surface area contributed by atoms with Crippen LogP contribution in [0.15, 0.2) is 42.0 Å². The van der Waals surface area contributed by atoms with Gasteiger partial charge in [-0.15, -0.1) is 11.3 Å². The van der Waals surface area contributed by atoms with Gasteiger partial charge in [0, 0.05) is 17.8 Å². The van der Waals surface area contributed by atoms with Crippen molar-refractivity contribution in [2.24, 2.45) is 0 Å². The van der Waals surface area contributed by atoms with E-state index < -0.39 is 5.82 Å². The number of rotatable bonds is 4. The van der Waals surface area contributed by atoms with Crippen LogP contribution in [0, 0.1) is 5.82 Å². The standard InChI is InChI=1S/C14H9ClFN3OS/c15-11-6-9(16)2-3-12(11)20-7-10-8-21-14(19-10)13-17-4-1-5-18-13/h1-6,8H,7H2. The fraction of sp³-hybridized carbons (Fsp3) is 0.0714. The van der Waals surface area contributed by atoms with E-state index in [4.69, 9.17) is 16.3 Å². The maximum Gasteiger partial charge on any atom is 0.188 e. The fourth-order valence-electron chi connectivity index (χ4n) is 1.63. The monoisotopic (exact) mass is 321 g/mol. The lowest BCUT2D eigenvalue weighted by Crippen LogP contribution is -1.97. The lowest BCUT2D eigenvalue weighted by molar-refractivity contribution is 0.302. The summed E-state index contributed by atoms with van der Waals surface area (Å²) in [5.41, 5.74) is 0.739. The fourth-order valence-corrected chi connectivity index (χ4v) is 2.60. The second kappa shape index (κ2) is 6.15. The average molecular weight is 322 g/mol. The number of hydrogen-bond acceptors (Lipinski definition) is 5. The molecule has 0 bridgehead atoms. The number of thiazole rings is 1. The predicted molar refractivity (Wildman–Crippen MR) is 78.9 cm³/mol. The van der Waals surface area contributed by atoms with E-state index in [9.17, 15) is 4.39 Å². The Labute approximate surface area is 129 Å². The lowest BCUT2D eigenvalue weighted by Gasteiger charge is -2.06. The van der Waals surface area contributed by atoms with Crippen molar-refractivity contribution in [3.63, 3.8) is 0 Å². The van der Waals surface area contributed by atoms with Crippen LogP contribution >= 0.6 is 22.9 Å². The van der Waals surface area contributed by atoms with Crippen LogP contribution in [0.3, 0.4) is 0 Å². The Morgan fingerprint density at radius 3 is 2.81 bits per heavy atom. The number of ether oxygens (including phenoxy) is 1. The third kappa shape index (κ3) is 3.34. The summed E-state index contributed by atoms with van der Waals surface area (Å²) in [6.07, 6.45) is 3.33. The van der Waals surface area contributed by atoms with E-state index in [1.165, 1.54) is 29.5 Å². The highest BCUT2D eigenvalue weighted by atomic mass is 35.5. The Morgan fingerprint density at radius 1 is 1.24 bits per heavy atom. The van der Waals surface area contributed by atoms with Gasteiger partial charge < -0.3 is 4.74 Å². The number of aromatic nitrogens is 3. The molecule has 0 aliphatic heterocycles. The van der Waals surface area contributed by atoms with Crippen LogP contribution in [0.1, 0.15) is 5.69 Å². The maximum atomic E-state index is 12.9. The van der Waals surface area contributed by atoms with Crippen LogP contribution < -0.4 is 4.74 Å². The van der Waals surface area contributed by atoms with E-state index in [0.29, 0.717) is 11.6 Å². The van der Waals surface area contributed by atoms with E-state index >= 15 is 0 Å². The molecule has 3 rings (SSSR count). The Hall–Kier alpha value is -2.05. The average Bonchev–Trinajstić information content (AvgIpc) is 2.96. The highest BCUT2D eigenvalue weighted by Gasteiger charge is 2.08. The summed E-state index contributed by atoms with van der Waals surface area (Å²) in [6.45, 7) is 0.245. The molecule has 4 nitrogen and oxygen atoms in total. The van der Waals surface area contributed by atoms with Crippen LogP contribution in [0.4, 0.5) is 4.39 Å². The first-order valence-electron chi connectivity index (χ1n) is 6.02. The molecule has 0 amide bonds. The van der Waals surface area contributed by atoms with Gasteiger partial charge in [0.25, 0.3) is 0 Å². The van der Waals surface area contributed by atoms with Crippen LogP contribution in [-0.4, -0.2) is 15.0 Å². The molecule has 21 heavy (non-hydrogen) atoms. The van der Waals surface area contributed by atoms with Gasteiger partial charge in [-0.1, -0.05) is 11.6 Å². The maximum absolute atomic E-state index is 12.9. The van der Waals surface area contributed by atoms with Crippen molar-refractivity contribution >= 4 is 22.9 Å². The zero-order valence-electron chi connectivity index (χ0n) is 10.7. The minimum absolute atomic E-state index is 0.233. The van der Waals surface area contributed by atoms with Crippen molar-refractivity contribution in [2.75, 3.05) is 0 Å². The molecule has 0 saturated heterocycles. The molecule has 0 spiro atoms. The topological polar surface area (TPSA) is 47.9 Å². The summed E-state index contributed by atoms with van der Waals surface area (Å²) < 4.78 is 18.5. The molecule has 1 aromatic carbocycles. The molecule has 0 N–H and O–H groups in total. The molecule has 106 valence electrons. The largest absolute Gasteiger partial charge is 0.486 e. The Kier molecular flexibility index (Phi) is 4.08. The molecular formula is C14H9ClFN3OS. The highest BCUT2D eigenvalue weighted by molar-refractivity contribution is 7.13. The number of hydrogen-bond donors (Lipinski definition) is 0. The molecule has 7 heteroatoms. The van der Waals surface area contributed by atoms with E-state index in [0.717, 1.165) is 10.7 Å². The quantitative estimate of drug-likeness (QED) is 0.729. The van der Waals surface area contributed by atoms with Crippen LogP contribution in [0.2, 0.25) is 5.02 Å². The van der Waals surface area contributed by atoms with Crippen molar-refractivity contribution in [1.29, 1.82) is 0 Å². The van der Waals surface area contributed by atoms with E-state index in [2.05, 4.69) is 15.0 Å². The molecule has 0 fully saturated rings. The van der Waals surface area contributed by atoms with E-state index in [1.807, 2.05) is 5.38 Å². The van der Waals surface area contributed by atoms with Gasteiger partial charge in [0.1, 0.15) is 18.2 Å². The molecule has 3 aromatic rings. The third-order valence-corrected chi connectivity index (χ3v) is 3.76. The van der Waals surface area contributed by atoms with Crippen LogP contribution in [0.25, 0.3) is 10.8 Å². The number of halogens is 2. The smallest absolute Gasteiger partial charge is 0.188 e. The van der Waals surface area contributed by atoms with Crippen LogP contribution in [-0.2, 0) is 6.61 Å². The van der Waals surface area contributed by atoms with Crippen molar-refractivity contribution in [1.82, 2.24) is 15.0 Å². The van der Waals surface area contributed by atoms with Gasteiger partial charge >= 0.3 is 0 Å². The molecule has 0 radical (unpaired) electrons. The summed E-state index contributed by atoms with van der Waals surface area (Å²) in [5.74, 6) is 0.599. The first-order chi connectivity index (χ1) is 10.2. The minimum Gasteiger partial charge on any atom is -0.486 e. The number of nitrogens with zero attached hydrogens (tertiary/aromatic N) is 3. The minimum atomic E-state index is -0.399. The molecule has 2 aromatic heterocycles. The first kappa shape index (κ1) is 13.9. The Morgan fingerprint density at radius 2 is 2.05 bits per heavy atom. The first-order valence-corrected chi connectivity index (χ1v) is 7.28. The summed E-state index contributed by atoms with van der Waals surface area (Å²) in [6, 6.07) is 5.75. The Balaban J connectivity index is 1.70.